The molecule has 8 heteroatoms. The molecule has 274 valence electrons. The second-order valence-corrected chi connectivity index (χ2v) is 15.4. The molecule has 2 amide bonds. The number of allylic oxidation sites excluding steroid dienone is 4. The van der Waals surface area contributed by atoms with E-state index in [1.54, 1.807) is 30.3 Å². The van der Waals surface area contributed by atoms with Gasteiger partial charge >= 0.3 is 0 Å². The van der Waals surface area contributed by atoms with Crippen LogP contribution in [0.25, 0.3) is 28.1 Å². The van der Waals surface area contributed by atoms with E-state index in [9.17, 15) is 14.7 Å². The SMILES string of the molecule is Cc1cc([C@H]2C3=CC[C@@H]4C(=O)N(c5ccc(-c6nc7ccccc7o6)cc5)C(=O)[C@@H]4[C@@H]3C[C@H]3C(=O)C(c4ccccc4)=CC(=O)[C@@]23c2ccccc2)ccc1O. The van der Waals surface area contributed by atoms with Crippen LogP contribution in [0, 0.1) is 30.6 Å². The number of oxazole rings is 1. The fourth-order valence-corrected chi connectivity index (χ4v) is 10.1. The Morgan fingerprint density at radius 1 is 0.768 bits per heavy atom. The Bertz CT molecular complexity index is 2640. The van der Waals surface area contributed by atoms with Gasteiger partial charge in [0.05, 0.1) is 22.9 Å². The summed E-state index contributed by atoms with van der Waals surface area (Å²) < 4.78 is 5.96. The van der Waals surface area contributed by atoms with Crippen molar-refractivity contribution < 1.29 is 28.7 Å². The molecule has 6 aromatic rings. The fourth-order valence-electron chi connectivity index (χ4n) is 10.1. The number of benzene rings is 5. The number of aromatic nitrogens is 1. The van der Waals surface area contributed by atoms with E-state index >= 15 is 9.59 Å². The molecule has 5 aromatic carbocycles. The maximum atomic E-state index is 15.2. The number of phenolic OH excluding ortho intramolecular Hbond substituents is 1. The Morgan fingerprint density at radius 3 is 2.21 bits per heavy atom. The number of carbonyl (C=O) groups excluding carboxylic acids is 4. The van der Waals surface area contributed by atoms with Gasteiger partial charge in [0.15, 0.2) is 17.1 Å². The number of anilines is 1. The Morgan fingerprint density at radius 2 is 1.48 bits per heavy atom. The van der Waals surface area contributed by atoms with Gasteiger partial charge in [-0.05, 0) is 96.5 Å². The van der Waals surface area contributed by atoms with E-state index in [1.165, 1.54) is 11.0 Å². The van der Waals surface area contributed by atoms with E-state index in [2.05, 4.69) is 11.1 Å². The molecule has 56 heavy (non-hydrogen) atoms. The van der Waals surface area contributed by atoms with Crippen molar-refractivity contribution in [1.82, 2.24) is 4.98 Å². The Hall–Kier alpha value is -6.67. The molecule has 10 rings (SSSR count). The molecule has 1 aliphatic heterocycles. The molecule has 2 fully saturated rings. The standard InChI is InChI=1S/C48H36N2O6/c1-27-24-30(18-23-39(27)51)43-33-21-22-34-42(47(55)50(46(34)54)32-19-16-29(17-20-32)45-49-38-14-8-9-15-40(38)56-45)36(33)25-37-44(53)35(28-10-4-2-5-11-28)26-41(52)48(37,43)31-12-6-3-7-13-31/h2-21,23-24,26,34,36-37,42-43,51H,22,25H2,1H3/t34-,36+,37-,42-,43-,48-/m0/s1. The average molecular weight is 737 g/mol. The van der Waals surface area contributed by atoms with E-state index in [4.69, 9.17) is 4.42 Å². The molecular formula is C48H36N2O6. The van der Waals surface area contributed by atoms with Crippen LogP contribution in [0.1, 0.15) is 41.0 Å². The van der Waals surface area contributed by atoms with Gasteiger partial charge in [0.25, 0.3) is 0 Å². The quantitative estimate of drug-likeness (QED) is 0.139. The number of amides is 2. The minimum absolute atomic E-state index is 0.121. The number of nitrogens with zero attached hydrogens (tertiary/aromatic N) is 2. The maximum Gasteiger partial charge on any atom is 0.238 e. The van der Waals surface area contributed by atoms with Crippen molar-refractivity contribution in [3.63, 3.8) is 0 Å². The lowest BCUT2D eigenvalue weighted by molar-refractivity contribution is -0.135. The number of hydrogen-bond donors (Lipinski definition) is 1. The van der Waals surface area contributed by atoms with Gasteiger partial charge in [0.2, 0.25) is 17.7 Å². The zero-order valence-corrected chi connectivity index (χ0v) is 30.5. The van der Waals surface area contributed by atoms with Gasteiger partial charge in [-0.1, -0.05) is 96.6 Å². The number of aryl methyl sites for hydroxylation is 1. The molecule has 3 aliphatic carbocycles. The molecule has 1 N–H and O–H groups in total. The van der Waals surface area contributed by atoms with Gasteiger partial charge in [-0.2, -0.15) is 0 Å². The van der Waals surface area contributed by atoms with Crippen LogP contribution in [0.15, 0.2) is 150 Å². The van der Waals surface area contributed by atoms with Crippen LogP contribution in [0.4, 0.5) is 5.69 Å². The normalized spacial score (nSPS) is 25.7. The van der Waals surface area contributed by atoms with Crippen molar-refractivity contribution in [2.75, 3.05) is 4.90 Å². The number of phenols is 1. The summed E-state index contributed by atoms with van der Waals surface area (Å²) in [6, 6.07) is 38.7. The number of rotatable bonds is 5. The first-order valence-corrected chi connectivity index (χ1v) is 19.0. The molecular weight excluding hydrogens is 701 g/mol. The van der Waals surface area contributed by atoms with E-state index in [0.29, 0.717) is 45.8 Å². The molecule has 0 radical (unpaired) electrons. The van der Waals surface area contributed by atoms with Gasteiger partial charge in [0.1, 0.15) is 11.3 Å². The molecule has 1 saturated heterocycles. The van der Waals surface area contributed by atoms with Crippen molar-refractivity contribution in [3.8, 4) is 17.2 Å². The fraction of sp³-hybridized carbons (Fsp3) is 0.188. The van der Waals surface area contributed by atoms with Crippen LogP contribution in [0.5, 0.6) is 5.75 Å². The second-order valence-electron chi connectivity index (χ2n) is 15.4. The van der Waals surface area contributed by atoms with Gasteiger partial charge in [-0.15, -0.1) is 0 Å². The summed E-state index contributed by atoms with van der Waals surface area (Å²) in [5.74, 6) is -3.72. The van der Waals surface area contributed by atoms with E-state index < -0.39 is 35.0 Å². The number of fused-ring (bicyclic) bond motifs is 5. The van der Waals surface area contributed by atoms with Gasteiger partial charge in [0, 0.05) is 23.0 Å². The summed E-state index contributed by atoms with van der Waals surface area (Å²) in [6.45, 7) is 1.81. The lowest BCUT2D eigenvalue weighted by atomic mass is 9.44. The highest BCUT2D eigenvalue weighted by molar-refractivity contribution is 6.32. The zero-order valence-electron chi connectivity index (χ0n) is 30.5. The predicted octanol–water partition coefficient (Wildman–Crippen LogP) is 8.54. The van der Waals surface area contributed by atoms with Gasteiger partial charge in [-0.3, -0.25) is 24.1 Å². The first kappa shape index (κ1) is 33.9. The number of Topliss-reactive ketones (excluding diaryl/α,β-unsaturated/α-hetero) is 1. The zero-order chi connectivity index (χ0) is 38.3. The summed E-state index contributed by atoms with van der Waals surface area (Å²) in [6.07, 6.45) is 4.10. The summed E-state index contributed by atoms with van der Waals surface area (Å²) in [5, 5.41) is 10.6. The van der Waals surface area contributed by atoms with Crippen LogP contribution in [0.3, 0.4) is 0 Å². The third-order valence-corrected chi connectivity index (χ3v) is 12.6. The van der Waals surface area contributed by atoms with E-state index in [0.717, 1.165) is 22.2 Å². The third-order valence-electron chi connectivity index (χ3n) is 12.6. The lowest BCUT2D eigenvalue weighted by Crippen LogP contribution is -2.58. The number of aromatic hydroxyl groups is 1. The first-order chi connectivity index (χ1) is 27.3. The van der Waals surface area contributed by atoms with Crippen LogP contribution in [-0.4, -0.2) is 33.5 Å². The maximum absolute atomic E-state index is 15.2. The molecule has 0 bridgehead atoms. The van der Waals surface area contributed by atoms with Crippen molar-refractivity contribution in [2.24, 2.45) is 23.7 Å². The monoisotopic (exact) mass is 736 g/mol. The van der Waals surface area contributed by atoms with Crippen molar-refractivity contribution in [3.05, 3.63) is 167 Å². The number of hydrogen-bond acceptors (Lipinski definition) is 7. The van der Waals surface area contributed by atoms with Crippen LogP contribution in [-0.2, 0) is 24.6 Å². The highest BCUT2D eigenvalue weighted by Crippen LogP contribution is 2.64. The van der Waals surface area contributed by atoms with Gasteiger partial charge in [-0.25, -0.2) is 4.98 Å². The molecule has 1 aromatic heterocycles. The topological polar surface area (TPSA) is 118 Å². The lowest BCUT2D eigenvalue weighted by Gasteiger charge is -2.55. The largest absolute Gasteiger partial charge is 0.508 e. The van der Waals surface area contributed by atoms with Crippen molar-refractivity contribution in [2.45, 2.75) is 31.1 Å². The average Bonchev–Trinajstić information content (AvgIpc) is 3.78. The van der Waals surface area contributed by atoms with Gasteiger partial charge < -0.3 is 9.52 Å². The minimum Gasteiger partial charge on any atom is -0.508 e. The van der Waals surface area contributed by atoms with Crippen LogP contribution >= 0.6 is 0 Å². The third kappa shape index (κ3) is 4.88. The predicted molar refractivity (Wildman–Crippen MR) is 211 cm³/mol. The summed E-state index contributed by atoms with van der Waals surface area (Å²) in [5.41, 5.74) is 5.24. The molecule has 6 atom stereocenters. The molecule has 4 aliphatic rings. The van der Waals surface area contributed by atoms with E-state index in [1.807, 2.05) is 104 Å². The Balaban J connectivity index is 1.10. The second kappa shape index (κ2) is 12.7. The molecule has 1 saturated carbocycles. The molecule has 0 spiro atoms. The molecule has 0 unspecified atom stereocenters. The van der Waals surface area contributed by atoms with E-state index in [-0.39, 0.29) is 35.6 Å². The number of ketones is 2. The Kier molecular flexibility index (Phi) is 7.68. The van der Waals surface area contributed by atoms with Crippen LogP contribution < -0.4 is 4.90 Å². The van der Waals surface area contributed by atoms with Crippen molar-refractivity contribution in [1.29, 1.82) is 0 Å². The highest BCUT2D eigenvalue weighted by Gasteiger charge is 2.66. The summed E-state index contributed by atoms with van der Waals surface area (Å²) >= 11 is 0. The summed E-state index contributed by atoms with van der Waals surface area (Å²) in [4.78, 5) is 65.4. The van der Waals surface area contributed by atoms with Crippen LogP contribution in [0.2, 0.25) is 0 Å². The smallest absolute Gasteiger partial charge is 0.238 e. The first-order valence-electron chi connectivity index (χ1n) is 19.0. The number of imide groups is 1. The molecule has 2 heterocycles. The Labute approximate surface area is 322 Å². The molecule has 8 nitrogen and oxygen atoms in total. The minimum atomic E-state index is -1.33. The number of carbonyl (C=O) groups is 4. The van der Waals surface area contributed by atoms with Crippen molar-refractivity contribution >= 4 is 45.7 Å². The number of para-hydroxylation sites is 2. The highest BCUT2D eigenvalue weighted by atomic mass is 16.3. The summed E-state index contributed by atoms with van der Waals surface area (Å²) in [7, 11) is 0.